The summed E-state index contributed by atoms with van der Waals surface area (Å²) in [5, 5.41) is 2.46. The number of nitrogens with zero attached hydrogens (tertiary/aromatic N) is 1. The standard InChI is InChI=1S/C19H14F2N2O4/c1-2-9-23-17(25)12-8-7-11(10-13(12)18(23)26)16(24)22-14-5-3-4-6-15(14)27-19(20)21/h2-8,10,19H,1,9H2,(H,22,24). The van der Waals surface area contributed by atoms with Crippen LogP contribution in [0.1, 0.15) is 31.1 Å². The molecule has 3 rings (SSSR count). The molecule has 1 aliphatic heterocycles. The Balaban J connectivity index is 1.86. The summed E-state index contributed by atoms with van der Waals surface area (Å²) in [7, 11) is 0. The molecule has 3 amide bonds. The van der Waals surface area contributed by atoms with Gasteiger partial charge < -0.3 is 10.1 Å². The van der Waals surface area contributed by atoms with Crippen molar-refractivity contribution < 1.29 is 27.9 Å². The molecule has 0 spiro atoms. The van der Waals surface area contributed by atoms with E-state index in [4.69, 9.17) is 0 Å². The average molecular weight is 372 g/mol. The van der Waals surface area contributed by atoms with E-state index in [9.17, 15) is 23.2 Å². The highest BCUT2D eigenvalue weighted by atomic mass is 19.3. The van der Waals surface area contributed by atoms with Gasteiger partial charge in [0.2, 0.25) is 0 Å². The number of halogens is 2. The SMILES string of the molecule is C=CCN1C(=O)c2ccc(C(=O)Nc3ccccc3OC(F)F)cc2C1=O. The molecule has 8 heteroatoms. The van der Waals surface area contributed by atoms with Crippen LogP contribution in [-0.2, 0) is 0 Å². The Bertz CT molecular complexity index is 943. The van der Waals surface area contributed by atoms with Crippen LogP contribution in [0, 0.1) is 0 Å². The van der Waals surface area contributed by atoms with E-state index >= 15 is 0 Å². The number of benzene rings is 2. The van der Waals surface area contributed by atoms with Crippen LogP contribution in [0.4, 0.5) is 14.5 Å². The molecule has 0 aliphatic carbocycles. The van der Waals surface area contributed by atoms with Gasteiger partial charge >= 0.3 is 6.61 Å². The number of ether oxygens (including phenoxy) is 1. The molecule has 0 saturated carbocycles. The Hall–Kier alpha value is -3.55. The molecule has 27 heavy (non-hydrogen) atoms. The first-order valence-corrected chi connectivity index (χ1v) is 7.88. The van der Waals surface area contributed by atoms with Crippen molar-refractivity contribution >= 4 is 23.4 Å². The number of hydrogen-bond donors (Lipinski definition) is 1. The Labute approximate surface area is 153 Å². The van der Waals surface area contributed by atoms with Crippen LogP contribution in [0.15, 0.2) is 55.1 Å². The first-order valence-electron chi connectivity index (χ1n) is 7.88. The molecule has 1 N–H and O–H groups in total. The maximum Gasteiger partial charge on any atom is 0.387 e. The number of rotatable bonds is 6. The topological polar surface area (TPSA) is 75.7 Å². The lowest BCUT2D eigenvalue weighted by Gasteiger charge is -2.12. The maximum atomic E-state index is 12.5. The van der Waals surface area contributed by atoms with Crippen molar-refractivity contribution in [2.24, 2.45) is 0 Å². The fourth-order valence-electron chi connectivity index (χ4n) is 2.69. The molecule has 1 heterocycles. The van der Waals surface area contributed by atoms with Gasteiger partial charge in [-0.1, -0.05) is 18.2 Å². The highest BCUT2D eigenvalue weighted by Gasteiger charge is 2.35. The highest BCUT2D eigenvalue weighted by molar-refractivity contribution is 6.22. The summed E-state index contributed by atoms with van der Waals surface area (Å²) in [5.41, 5.74) is 0.452. The number of carbonyl (C=O) groups excluding carboxylic acids is 3. The van der Waals surface area contributed by atoms with Crippen molar-refractivity contribution in [2.75, 3.05) is 11.9 Å². The molecular weight excluding hydrogens is 358 g/mol. The molecule has 0 aromatic heterocycles. The Morgan fingerprint density at radius 1 is 1.15 bits per heavy atom. The molecule has 1 aliphatic rings. The number of fused-ring (bicyclic) bond motifs is 1. The molecule has 0 radical (unpaired) electrons. The summed E-state index contributed by atoms with van der Waals surface area (Å²) >= 11 is 0. The fraction of sp³-hybridized carbons (Fsp3) is 0.105. The minimum Gasteiger partial charge on any atom is -0.433 e. The number of alkyl halides is 2. The number of nitrogens with one attached hydrogen (secondary N) is 1. The van der Waals surface area contributed by atoms with Crippen LogP contribution >= 0.6 is 0 Å². The molecule has 0 bridgehead atoms. The number of amides is 3. The zero-order valence-corrected chi connectivity index (χ0v) is 13.9. The van der Waals surface area contributed by atoms with Crippen molar-refractivity contribution in [1.29, 1.82) is 0 Å². The summed E-state index contributed by atoms with van der Waals surface area (Å²) in [4.78, 5) is 38.0. The predicted molar refractivity (Wildman–Crippen MR) is 93.0 cm³/mol. The fourth-order valence-corrected chi connectivity index (χ4v) is 2.69. The van der Waals surface area contributed by atoms with Crippen molar-refractivity contribution in [3.8, 4) is 5.75 Å². The molecule has 0 saturated heterocycles. The molecule has 0 atom stereocenters. The van der Waals surface area contributed by atoms with Gasteiger partial charge in [0, 0.05) is 12.1 Å². The van der Waals surface area contributed by atoms with Crippen LogP contribution in [0.5, 0.6) is 5.75 Å². The van der Waals surface area contributed by atoms with E-state index in [0.717, 1.165) is 4.90 Å². The minimum atomic E-state index is -3.04. The molecule has 2 aromatic carbocycles. The number of imide groups is 1. The second-order valence-electron chi connectivity index (χ2n) is 5.60. The van der Waals surface area contributed by atoms with Gasteiger partial charge in [-0.2, -0.15) is 8.78 Å². The Morgan fingerprint density at radius 3 is 2.56 bits per heavy atom. The lowest BCUT2D eigenvalue weighted by molar-refractivity contribution is -0.0493. The summed E-state index contributed by atoms with van der Waals surface area (Å²) in [5.74, 6) is -1.81. The third-order valence-corrected chi connectivity index (χ3v) is 3.90. The van der Waals surface area contributed by atoms with Crippen LogP contribution in [0.3, 0.4) is 0 Å². The van der Waals surface area contributed by atoms with Gasteiger partial charge in [-0.25, -0.2) is 0 Å². The van der Waals surface area contributed by atoms with Crippen LogP contribution in [0.2, 0.25) is 0 Å². The molecule has 6 nitrogen and oxygen atoms in total. The Kier molecular flexibility index (Phi) is 4.98. The predicted octanol–water partition coefficient (Wildman–Crippen LogP) is 3.32. The lowest BCUT2D eigenvalue weighted by atomic mass is 10.1. The van der Waals surface area contributed by atoms with E-state index in [1.165, 1.54) is 42.5 Å². The summed E-state index contributed by atoms with van der Waals surface area (Å²) < 4.78 is 29.3. The molecule has 0 fully saturated rings. The lowest BCUT2D eigenvalue weighted by Crippen LogP contribution is -2.29. The van der Waals surface area contributed by atoms with Gasteiger partial charge in [0.15, 0.2) is 0 Å². The zero-order valence-electron chi connectivity index (χ0n) is 13.9. The first kappa shape index (κ1) is 18.2. The monoisotopic (exact) mass is 372 g/mol. The number of hydrogen-bond acceptors (Lipinski definition) is 4. The smallest absolute Gasteiger partial charge is 0.387 e. The van der Waals surface area contributed by atoms with E-state index < -0.39 is 24.3 Å². The average Bonchev–Trinajstić information content (AvgIpc) is 2.88. The van der Waals surface area contributed by atoms with E-state index in [-0.39, 0.29) is 34.7 Å². The minimum absolute atomic E-state index is 0.0546. The normalized spacial score (nSPS) is 12.9. The number of carbonyl (C=O) groups is 3. The van der Waals surface area contributed by atoms with Crippen molar-refractivity contribution in [3.05, 3.63) is 71.8 Å². The quantitative estimate of drug-likeness (QED) is 0.623. The largest absolute Gasteiger partial charge is 0.433 e. The summed E-state index contributed by atoms with van der Waals surface area (Å²) in [6.45, 7) is 0.524. The number of anilines is 1. The first-order chi connectivity index (χ1) is 12.9. The van der Waals surface area contributed by atoms with Gasteiger partial charge in [-0.3, -0.25) is 19.3 Å². The third kappa shape index (κ3) is 3.55. The molecule has 0 unspecified atom stereocenters. The van der Waals surface area contributed by atoms with E-state index in [0.29, 0.717) is 0 Å². The van der Waals surface area contributed by atoms with E-state index in [1.54, 1.807) is 6.07 Å². The Morgan fingerprint density at radius 2 is 1.85 bits per heavy atom. The second-order valence-corrected chi connectivity index (χ2v) is 5.60. The number of para-hydroxylation sites is 2. The van der Waals surface area contributed by atoms with Gasteiger partial charge in [0.25, 0.3) is 17.7 Å². The molecule has 2 aromatic rings. The van der Waals surface area contributed by atoms with Gasteiger partial charge in [-0.15, -0.1) is 6.58 Å². The summed E-state index contributed by atoms with van der Waals surface area (Å²) in [6, 6.07) is 9.80. The van der Waals surface area contributed by atoms with E-state index in [2.05, 4.69) is 16.6 Å². The van der Waals surface area contributed by atoms with Crippen molar-refractivity contribution in [3.63, 3.8) is 0 Å². The van der Waals surface area contributed by atoms with Gasteiger partial charge in [0.05, 0.1) is 16.8 Å². The zero-order chi connectivity index (χ0) is 19.6. The van der Waals surface area contributed by atoms with Gasteiger partial charge in [-0.05, 0) is 30.3 Å². The van der Waals surface area contributed by atoms with Crippen LogP contribution < -0.4 is 10.1 Å². The molecular formula is C19H14F2N2O4. The second kappa shape index (κ2) is 7.36. The van der Waals surface area contributed by atoms with Crippen molar-refractivity contribution in [2.45, 2.75) is 6.61 Å². The van der Waals surface area contributed by atoms with Crippen LogP contribution in [0.25, 0.3) is 0 Å². The highest BCUT2D eigenvalue weighted by Crippen LogP contribution is 2.27. The van der Waals surface area contributed by atoms with E-state index in [1.807, 2.05) is 0 Å². The van der Waals surface area contributed by atoms with Gasteiger partial charge in [0.1, 0.15) is 5.75 Å². The molecule has 138 valence electrons. The maximum absolute atomic E-state index is 12.5. The third-order valence-electron chi connectivity index (χ3n) is 3.90. The van der Waals surface area contributed by atoms with Crippen LogP contribution in [-0.4, -0.2) is 35.8 Å². The summed E-state index contributed by atoms with van der Waals surface area (Å²) in [6.07, 6.45) is 1.43. The van der Waals surface area contributed by atoms with Crippen molar-refractivity contribution in [1.82, 2.24) is 4.90 Å².